The fourth-order valence-electron chi connectivity index (χ4n) is 5.16. The highest BCUT2D eigenvalue weighted by molar-refractivity contribution is 6.31. The number of benzene rings is 2. The fourth-order valence-corrected chi connectivity index (χ4v) is 5.35. The highest BCUT2D eigenvalue weighted by Gasteiger charge is 2.53. The molecule has 2 aliphatic rings. The summed E-state index contributed by atoms with van der Waals surface area (Å²) in [4.78, 5) is 19.4. The lowest BCUT2D eigenvalue weighted by Crippen LogP contribution is -2.60. The first-order valence-electron chi connectivity index (χ1n) is 10.5. The molecule has 0 bridgehead atoms. The molecular formula is C25H21ClN4O. The highest BCUT2D eigenvalue weighted by atomic mass is 35.5. The number of amides is 1. The molecule has 1 spiro atoms. The Labute approximate surface area is 185 Å². The Morgan fingerprint density at radius 2 is 1.94 bits per heavy atom. The van der Waals surface area contributed by atoms with Gasteiger partial charge in [0.25, 0.3) is 5.91 Å². The topological polar surface area (TPSA) is 51.0 Å². The van der Waals surface area contributed by atoms with Crippen LogP contribution in [0, 0.1) is 0 Å². The number of halogens is 1. The Kier molecular flexibility index (Phi) is 3.99. The van der Waals surface area contributed by atoms with E-state index in [2.05, 4.69) is 34.8 Å². The summed E-state index contributed by atoms with van der Waals surface area (Å²) in [5.74, 6) is 0.0395. The second-order valence-corrected chi connectivity index (χ2v) is 9.22. The van der Waals surface area contributed by atoms with Crippen LogP contribution in [-0.2, 0) is 5.41 Å². The van der Waals surface area contributed by atoms with E-state index in [1.54, 1.807) is 12.1 Å². The molecule has 2 aliphatic heterocycles. The van der Waals surface area contributed by atoms with Gasteiger partial charge in [0.1, 0.15) is 0 Å². The number of para-hydroxylation sites is 1. The van der Waals surface area contributed by atoms with E-state index >= 15 is 0 Å². The van der Waals surface area contributed by atoms with Crippen molar-refractivity contribution in [1.82, 2.24) is 19.7 Å². The van der Waals surface area contributed by atoms with E-state index in [0.717, 1.165) is 28.6 Å². The monoisotopic (exact) mass is 428 g/mol. The molecular weight excluding hydrogens is 408 g/mol. The molecule has 1 fully saturated rings. The Hall–Kier alpha value is -3.18. The van der Waals surface area contributed by atoms with Crippen LogP contribution < -0.4 is 0 Å². The number of aromatic nitrogens is 3. The molecule has 1 atom stereocenters. The summed E-state index contributed by atoms with van der Waals surface area (Å²) in [6, 6.07) is 19.9. The maximum Gasteiger partial charge on any atom is 0.253 e. The molecule has 4 heterocycles. The van der Waals surface area contributed by atoms with Crippen LogP contribution >= 0.6 is 11.6 Å². The predicted octanol–water partition coefficient (Wildman–Crippen LogP) is 5.11. The van der Waals surface area contributed by atoms with Gasteiger partial charge in [0.15, 0.2) is 0 Å². The molecule has 0 saturated carbocycles. The summed E-state index contributed by atoms with van der Waals surface area (Å²) in [7, 11) is 0. The summed E-state index contributed by atoms with van der Waals surface area (Å²) in [5, 5.41) is 6.62. The van der Waals surface area contributed by atoms with Crippen LogP contribution in [0.2, 0.25) is 5.02 Å². The Morgan fingerprint density at radius 1 is 1.10 bits per heavy atom. The van der Waals surface area contributed by atoms with Crippen LogP contribution in [0.1, 0.15) is 35.4 Å². The lowest BCUT2D eigenvalue weighted by Gasteiger charge is -2.47. The molecule has 0 radical (unpaired) electrons. The molecule has 6 rings (SSSR count). The average molecular weight is 429 g/mol. The quantitative estimate of drug-likeness (QED) is 0.445. The first-order chi connectivity index (χ1) is 15.0. The van der Waals surface area contributed by atoms with Crippen molar-refractivity contribution in [1.29, 1.82) is 0 Å². The minimum Gasteiger partial charge on any atom is -0.337 e. The van der Waals surface area contributed by atoms with Crippen molar-refractivity contribution < 1.29 is 4.79 Å². The highest BCUT2D eigenvalue weighted by Crippen LogP contribution is 2.48. The van der Waals surface area contributed by atoms with Gasteiger partial charge in [-0.1, -0.05) is 35.9 Å². The number of carbonyl (C=O) groups is 1. The summed E-state index contributed by atoms with van der Waals surface area (Å²) in [6.45, 7) is 3.63. The number of hydrogen-bond donors (Lipinski definition) is 0. The average Bonchev–Trinajstić information content (AvgIpc) is 3.31. The van der Waals surface area contributed by atoms with Gasteiger partial charge in [-0.25, -0.2) is 0 Å². The predicted molar refractivity (Wildman–Crippen MR) is 121 cm³/mol. The zero-order valence-corrected chi connectivity index (χ0v) is 17.9. The number of hydrogen-bond acceptors (Lipinski definition) is 3. The Morgan fingerprint density at radius 3 is 2.77 bits per heavy atom. The number of fused-ring (bicyclic) bond motifs is 3. The normalized spacial score (nSPS) is 18.9. The summed E-state index contributed by atoms with van der Waals surface area (Å²) in [5.41, 5.74) is 4.79. The van der Waals surface area contributed by atoms with Crippen molar-refractivity contribution in [3.8, 4) is 11.3 Å². The second-order valence-electron chi connectivity index (χ2n) is 8.78. The van der Waals surface area contributed by atoms with Crippen LogP contribution in [0.15, 0.2) is 66.9 Å². The number of carbonyl (C=O) groups excluding carboxylic acids is 1. The van der Waals surface area contributed by atoms with Gasteiger partial charge < -0.3 is 4.90 Å². The lowest BCUT2D eigenvalue weighted by atomic mass is 9.74. The molecule has 0 aliphatic carbocycles. The summed E-state index contributed by atoms with van der Waals surface area (Å²) < 4.78 is 2.14. The van der Waals surface area contributed by atoms with Gasteiger partial charge in [-0.2, -0.15) is 5.10 Å². The smallest absolute Gasteiger partial charge is 0.253 e. The second kappa shape index (κ2) is 6.66. The molecule has 0 N–H and O–H groups in total. The fraction of sp³-hybridized carbons (Fsp3) is 0.240. The molecule has 31 heavy (non-hydrogen) atoms. The molecule has 1 saturated heterocycles. The van der Waals surface area contributed by atoms with Gasteiger partial charge in [0.2, 0.25) is 0 Å². The minimum absolute atomic E-state index is 0.0246. The van der Waals surface area contributed by atoms with E-state index in [0.29, 0.717) is 29.7 Å². The zero-order valence-electron chi connectivity index (χ0n) is 17.1. The Bertz CT molecular complexity index is 1340. The van der Waals surface area contributed by atoms with Crippen molar-refractivity contribution >= 4 is 28.4 Å². The maximum absolute atomic E-state index is 12.9. The number of pyridine rings is 1. The largest absolute Gasteiger partial charge is 0.337 e. The third-order valence-electron chi connectivity index (χ3n) is 6.61. The van der Waals surface area contributed by atoms with Crippen molar-refractivity contribution in [3.05, 3.63) is 83.1 Å². The van der Waals surface area contributed by atoms with Gasteiger partial charge in [-0.3, -0.25) is 14.5 Å². The van der Waals surface area contributed by atoms with Crippen LogP contribution in [-0.4, -0.2) is 38.7 Å². The van der Waals surface area contributed by atoms with E-state index in [1.165, 1.54) is 5.69 Å². The van der Waals surface area contributed by atoms with Crippen LogP contribution in [0.25, 0.3) is 22.2 Å². The first kappa shape index (κ1) is 18.6. The van der Waals surface area contributed by atoms with Gasteiger partial charge >= 0.3 is 0 Å². The van der Waals surface area contributed by atoms with Crippen LogP contribution in [0.3, 0.4) is 0 Å². The lowest BCUT2D eigenvalue weighted by molar-refractivity contribution is 0.0381. The van der Waals surface area contributed by atoms with Crippen molar-refractivity contribution in [3.63, 3.8) is 0 Å². The van der Waals surface area contributed by atoms with Crippen molar-refractivity contribution in [2.75, 3.05) is 13.1 Å². The zero-order chi connectivity index (χ0) is 21.2. The molecule has 6 heteroatoms. The first-order valence-corrected chi connectivity index (χ1v) is 10.9. The van der Waals surface area contributed by atoms with Gasteiger partial charge in [0, 0.05) is 51.9 Å². The van der Waals surface area contributed by atoms with E-state index in [9.17, 15) is 4.79 Å². The molecule has 4 aromatic rings. The van der Waals surface area contributed by atoms with Gasteiger partial charge in [-0.15, -0.1) is 0 Å². The van der Waals surface area contributed by atoms with Crippen LogP contribution in [0.5, 0.6) is 0 Å². The number of rotatable bonds is 2. The molecule has 5 nitrogen and oxygen atoms in total. The van der Waals surface area contributed by atoms with Gasteiger partial charge in [-0.05, 0) is 49.7 Å². The summed E-state index contributed by atoms with van der Waals surface area (Å²) in [6.07, 6.45) is 2.90. The summed E-state index contributed by atoms with van der Waals surface area (Å²) >= 11 is 6.07. The van der Waals surface area contributed by atoms with E-state index in [-0.39, 0.29) is 11.3 Å². The van der Waals surface area contributed by atoms with Crippen LogP contribution in [0.4, 0.5) is 0 Å². The maximum atomic E-state index is 12.9. The van der Waals surface area contributed by atoms with E-state index in [4.69, 9.17) is 16.7 Å². The SMILES string of the molecule is CC1CC2(CN(C(=O)c3cccc(Cl)c3)C2)c2cc(-c3cnc4ccccc4c3)nn21. The number of nitrogens with zero attached hydrogens (tertiary/aromatic N) is 4. The van der Waals surface area contributed by atoms with Gasteiger partial charge in [0.05, 0.1) is 17.3 Å². The third kappa shape index (κ3) is 2.87. The minimum atomic E-state index is -0.0246. The molecule has 1 unspecified atom stereocenters. The molecule has 1 amide bonds. The molecule has 2 aromatic carbocycles. The standard InChI is InChI=1S/C25H21ClN4O/c1-16-12-25(14-29(15-25)24(31)18-6-4-7-20(26)10-18)23-11-22(28-30(16)23)19-9-17-5-2-3-8-21(17)27-13-19/h2-11,13,16H,12,14-15H2,1H3. The third-order valence-corrected chi connectivity index (χ3v) is 6.85. The van der Waals surface area contributed by atoms with E-state index < -0.39 is 0 Å². The molecule has 2 aromatic heterocycles. The van der Waals surface area contributed by atoms with Crippen molar-refractivity contribution in [2.45, 2.75) is 24.8 Å². The van der Waals surface area contributed by atoms with Crippen molar-refractivity contribution in [2.24, 2.45) is 0 Å². The number of likely N-dealkylation sites (tertiary alicyclic amines) is 1. The Balaban J connectivity index is 1.29. The molecule has 154 valence electrons. The van der Waals surface area contributed by atoms with E-state index in [1.807, 2.05) is 41.4 Å².